The molecule has 0 amide bonds. The molecule has 2 aromatic rings. The average Bonchev–Trinajstić information content (AvgIpc) is 2.39. The van der Waals surface area contributed by atoms with Crippen molar-refractivity contribution in [2.24, 2.45) is 0 Å². The minimum Gasteiger partial charge on any atom is -0.293 e. The van der Waals surface area contributed by atoms with Crippen LogP contribution in [0.3, 0.4) is 0 Å². The van der Waals surface area contributed by atoms with Gasteiger partial charge in [-0.05, 0) is 25.1 Å². The lowest BCUT2D eigenvalue weighted by Crippen LogP contribution is -2.12. The molecule has 0 aliphatic rings. The van der Waals surface area contributed by atoms with E-state index in [1.807, 2.05) is 13.0 Å². The van der Waals surface area contributed by atoms with E-state index in [0.29, 0.717) is 5.56 Å². The van der Waals surface area contributed by atoms with Gasteiger partial charge in [0.05, 0.1) is 21.4 Å². The van der Waals surface area contributed by atoms with Gasteiger partial charge in [0.1, 0.15) is 5.82 Å². The number of ketones is 1. The second-order valence-corrected chi connectivity index (χ2v) is 5.63. The molecule has 0 saturated carbocycles. The van der Waals surface area contributed by atoms with Crippen LogP contribution in [0.4, 0.5) is 4.39 Å². The van der Waals surface area contributed by atoms with Crippen molar-refractivity contribution in [1.82, 2.24) is 0 Å². The summed E-state index contributed by atoms with van der Waals surface area (Å²) >= 11 is 0. The molecule has 2 rings (SSSR count). The van der Waals surface area contributed by atoms with Gasteiger partial charge in [0, 0.05) is 5.56 Å². The summed E-state index contributed by atoms with van der Waals surface area (Å²) in [6.07, 6.45) is 0. The molecule has 0 radical (unpaired) electrons. The van der Waals surface area contributed by atoms with Crippen LogP contribution in [0.2, 0.25) is 0 Å². The summed E-state index contributed by atoms with van der Waals surface area (Å²) in [5, 5.41) is 0. The quantitative estimate of drug-likeness (QED) is 0.804. The molecule has 0 aliphatic heterocycles. The van der Waals surface area contributed by atoms with Crippen molar-refractivity contribution in [3.05, 3.63) is 65.5 Å². The van der Waals surface area contributed by atoms with E-state index >= 15 is 0 Å². The number of carbonyl (C=O) groups is 1. The molecule has 2 aromatic carbocycles. The Kier molecular flexibility index (Phi) is 4.22. The highest BCUT2D eigenvalue weighted by Crippen LogP contribution is 2.13. The molecule has 98 valence electrons. The summed E-state index contributed by atoms with van der Waals surface area (Å²) in [5.41, 5.74) is 1.47. The predicted molar refractivity (Wildman–Crippen MR) is 73.2 cm³/mol. The van der Waals surface area contributed by atoms with E-state index in [-0.39, 0.29) is 16.4 Å². The van der Waals surface area contributed by atoms with E-state index in [4.69, 9.17) is 0 Å². The third kappa shape index (κ3) is 3.35. The molecule has 19 heavy (non-hydrogen) atoms. The van der Waals surface area contributed by atoms with Crippen LogP contribution in [0.25, 0.3) is 0 Å². The fraction of sp³-hybridized carbons (Fsp3) is 0.133. The van der Waals surface area contributed by atoms with Gasteiger partial charge in [0.25, 0.3) is 0 Å². The molecular weight excluding hydrogens is 263 g/mol. The summed E-state index contributed by atoms with van der Waals surface area (Å²) in [7, 11) is -1.66. The predicted octanol–water partition coefficient (Wildman–Crippen LogP) is 3.12. The smallest absolute Gasteiger partial charge is 0.175 e. The highest BCUT2D eigenvalue weighted by atomic mass is 32.2. The molecule has 0 saturated heterocycles. The van der Waals surface area contributed by atoms with Gasteiger partial charge in [-0.25, -0.2) is 4.39 Å². The largest absolute Gasteiger partial charge is 0.293 e. The van der Waals surface area contributed by atoms with Crippen LogP contribution in [0.1, 0.15) is 15.9 Å². The first-order valence-corrected chi connectivity index (χ1v) is 7.12. The molecule has 1 unspecified atom stereocenters. The highest BCUT2D eigenvalue weighted by molar-refractivity contribution is 7.85. The van der Waals surface area contributed by atoms with Crippen LogP contribution >= 0.6 is 0 Å². The van der Waals surface area contributed by atoms with Gasteiger partial charge < -0.3 is 0 Å². The van der Waals surface area contributed by atoms with E-state index < -0.39 is 16.6 Å². The Morgan fingerprint density at radius 2 is 1.89 bits per heavy atom. The number of aryl methyl sites for hydroxylation is 1. The van der Waals surface area contributed by atoms with Crippen LogP contribution in [-0.4, -0.2) is 15.7 Å². The number of benzene rings is 2. The molecule has 0 spiro atoms. The number of rotatable bonds is 4. The van der Waals surface area contributed by atoms with Crippen molar-refractivity contribution in [2.75, 3.05) is 5.75 Å². The molecule has 0 aliphatic carbocycles. The second kappa shape index (κ2) is 5.89. The maximum absolute atomic E-state index is 13.5. The second-order valence-electron chi connectivity index (χ2n) is 4.21. The molecule has 0 N–H and O–H groups in total. The Morgan fingerprint density at radius 1 is 1.16 bits per heavy atom. The summed E-state index contributed by atoms with van der Waals surface area (Å²) in [6.45, 7) is 1.88. The average molecular weight is 276 g/mol. The zero-order chi connectivity index (χ0) is 13.8. The first-order valence-electron chi connectivity index (χ1n) is 5.80. The lowest BCUT2D eigenvalue weighted by molar-refractivity contribution is 0.102. The van der Waals surface area contributed by atoms with Crippen molar-refractivity contribution >= 4 is 16.6 Å². The SMILES string of the molecule is Cc1cccc(C(=O)CS(=O)c2ccccc2F)c1. The third-order valence-corrected chi connectivity index (χ3v) is 4.03. The number of Topliss-reactive ketones (excluding diaryl/α,β-unsaturated/α-hetero) is 1. The van der Waals surface area contributed by atoms with Crippen LogP contribution in [0.5, 0.6) is 0 Å². The van der Waals surface area contributed by atoms with Gasteiger partial charge in [-0.15, -0.1) is 0 Å². The standard InChI is InChI=1S/C15H13FO2S/c1-11-5-4-6-12(9-11)14(17)10-19(18)15-8-3-2-7-13(15)16/h2-9H,10H2,1H3. The van der Waals surface area contributed by atoms with Gasteiger partial charge in [-0.1, -0.05) is 35.9 Å². The number of carbonyl (C=O) groups excluding carboxylic acids is 1. The van der Waals surface area contributed by atoms with Crippen molar-refractivity contribution in [2.45, 2.75) is 11.8 Å². The number of hydrogen-bond acceptors (Lipinski definition) is 2. The summed E-state index contributed by atoms with van der Waals surface area (Å²) in [4.78, 5) is 12.0. The minimum absolute atomic E-state index is 0.0727. The third-order valence-electron chi connectivity index (χ3n) is 2.68. The van der Waals surface area contributed by atoms with Crippen LogP contribution in [0, 0.1) is 12.7 Å². The van der Waals surface area contributed by atoms with Gasteiger partial charge in [0.15, 0.2) is 5.78 Å². The van der Waals surface area contributed by atoms with E-state index in [1.165, 1.54) is 18.2 Å². The normalized spacial score (nSPS) is 12.1. The van der Waals surface area contributed by atoms with Crippen molar-refractivity contribution < 1.29 is 13.4 Å². The first kappa shape index (κ1) is 13.6. The fourth-order valence-electron chi connectivity index (χ4n) is 1.73. The van der Waals surface area contributed by atoms with E-state index in [1.54, 1.807) is 24.3 Å². The highest BCUT2D eigenvalue weighted by Gasteiger charge is 2.15. The molecule has 0 bridgehead atoms. The minimum atomic E-state index is -1.66. The summed E-state index contributed by atoms with van der Waals surface area (Å²) < 4.78 is 25.4. The Labute approximate surface area is 113 Å². The van der Waals surface area contributed by atoms with Crippen LogP contribution in [-0.2, 0) is 10.8 Å². The van der Waals surface area contributed by atoms with Crippen molar-refractivity contribution in [1.29, 1.82) is 0 Å². The Hall–Kier alpha value is -1.81. The molecule has 4 heteroatoms. The van der Waals surface area contributed by atoms with Crippen LogP contribution in [0.15, 0.2) is 53.4 Å². The fourth-order valence-corrected chi connectivity index (χ4v) is 2.80. The van der Waals surface area contributed by atoms with Gasteiger partial charge in [0.2, 0.25) is 0 Å². The molecular formula is C15H13FO2S. The zero-order valence-electron chi connectivity index (χ0n) is 10.4. The molecule has 0 fully saturated rings. The maximum Gasteiger partial charge on any atom is 0.175 e. The van der Waals surface area contributed by atoms with Crippen LogP contribution < -0.4 is 0 Å². The first-order chi connectivity index (χ1) is 9.08. The monoisotopic (exact) mass is 276 g/mol. The molecule has 2 nitrogen and oxygen atoms in total. The Morgan fingerprint density at radius 3 is 2.58 bits per heavy atom. The zero-order valence-corrected chi connectivity index (χ0v) is 11.2. The van der Waals surface area contributed by atoms with Gasteiger partial charge in [-0.2, -0.15) is 0 Å². The lowest BCUT2D eigenvalue weighted by Gasteiger charge is -2.04. The van der Waals surface area contributed by atoms with Crippen molar-refractivity contribution in [3.63, 3.8) is 0 Å². The summed E-state index contributed by atoms with van der Waals surface area (Å²) in [5.74, 6) is -0.993. The van der Waals surface area contributed by atoms with E-state index in [9.17, 15) is 13.4 Å². The molecule has 0 heterocycles. The van der Waals surface area contributed by atoms with E-state index in [2.05, 4.69) is 0 Å². The topological polar surface area (TPSA) is 34.1 Å². The Balaban J connectivity index is 2.16. The molecule has 0 aromatic heterocycles. The number of halogens is 1. The Bertz CT molecular complexity index is 638. The van der Waals surface area contributed by atoms with Crippen molar-refractivity contribution in [3.8, 4) is 0 Å². The van der Waals surface area contributed by atoms with Gasteiger partial charge in [-0.3, -0.25) is 9.00 Å². The molecule has 1 atom stereocenters. The maximum atomic E-state index is 13.5. The lowest BCUT2D eigenvalue weighted by atomic mass is 10.1. The van der Waals surface area contributed by atoms with E-state index in [0.717, 1.165) is 5.56 Å². The van der Waals surface area contributed by atoms with Gasteiger partial charge >= 0.3 is 0 Å². The summed E-state index contributed by atoms with van der Waals surface area (Å²) in [6, 6.07) is 12.9. The number of hydrogen-bond donors (Lipinski definition) is 0.